The molecule has 140 valence electrons. The van der Waals surface area contributed by atoms with Crippen LogP contribution >= 0.6 is 0 Å². The van der Waals surface area contributed by atoms with Crippen molar-refractivity contribution in [1.29, 1.82) is 0 Å². The normalized spacial score (nSPS) is 11.2. The molecule has 0 atom stereocenters. The summed E-state index contributed by atoms with van der Waals surface area (Å²) in [6, 6.07) is 26.4. The Balaban J connectivity index is 0.000000171. The molecule has 6 heteroatoms. The average Bonchev–Trinajstić information content (AvgIpc) is 2.71. The zero-order valence-corrected chi connectivity index (χ0v) is 15.5. The zero-order valence-electron chi connectivity index (χ0n) is 15.5. The summed E-state index contributed by atoms with van der Waals surface area (Å²) < 4.78 is 0. The Hall–Kier alpha value is -4.19. The molecular formula is C23H18N6. The first-order chi connectivity index (χ1) is 14.1. The van der Waals surface area contributed by atoms with Crippen molar-refractivity contribution < 1.29 is 0 Å². The van der Waals surface area contributed by atoms with E-state index in [2.05, 4.69) is 87.7 Å². The van der Waals surface area contributed by atoms with E-state index in [1.54, 1.807) is 0 Å². The molecule has 0 saturated carbocycles. The van der Waals surface area contributed by atoms with Crippen LogP contribution < -0.4 is 17.2 Å². The summed E-state index contributed by atoms with van der Waals surface area (Å²) in [4.78, 5) is 10.5. The molecule has 0 saturated heterocycles. The van der Waals surface area contributed by atoms with Crippen LogP contribution in [0.5, 0.6) is 0 Å². The van der Waals surface area contributed by atoms with E-state index in [9.17, 15) is 0 Å². The van der Waals surface area contributed by atoms with Crippen LogP contribution in [-0.2, 0) is 0 Å². The fraction of sp³-hybridized carbons (Fsp3) is 0. The Morgan fingerprint density at radius 1 is 0.414 bits per heavy atom. The minimum absolute atomic E-state index is 0.0417. The fourth-order valence-electron chi connectivity index (χ4n) is 4.01. The number of anilines is 3. The highest BCUT2D eigenvalue weighted by Gasteiger charge is 2.11. The van der Waals surface area contributed by atoms with Crippen LogP contribution in [0.3, 0.4) is 0 Å². The van der Waals surface area contributed by atoms with Crippen LogP contribution in [0.4, 0.5) is 17.8 Å². The van der Waals surface area contributed by atoms with Crippen molar-refractivity contribution in [3.05, 3.63) is 72.8 Å². The van der Waals surface area contributed by atoms with E-state index < -0.39 is 0 Å². The first-order valence-electron chi connectivity index (χ1n) is 9.18. The van der Waals surface area contributed by atoms with E-state index >= 15 is 0 Å². The number of hydrogen-bond acceptors (Lipinski definition) is 6. The maximum atomic E-state index is 5.14. The summed E-state index contributed by atoms with van der Waals surface area (Å²) in [6.07, 6.45) is 0. The van der Waals surface area contributed by atoms with Crippen LogP contribution in [0.15, 0.2) is 72.8 Å². The van der Waals surface area contributed by atoms with E-state index in [0.717, 1.165) is 0 Å². The van der Waals surface area contributed by atoms with Gasteiger partial charge >= 0.3 is 0 Å². The molecule has 1 aromatic heterocycles. The summed E-state index contributed by atoms with van der Waals surface area (Å²) in [5.74, 6) is 0.125. The SMILES string of the molecule is Nc1nc(N)nc(N)n1.c1cc2cccc3c4cccc5cccc(c(c1)c23)c54. The Kier molecular flexibility index (Phi) is 3.77. The molecule has 0 amide bonds. The summed E-state index contributed by atoms with van der Waals surface area (Å²) in [5, 5.41) is 10.9. The standard InChI is InChI=1S/C20H12.C3H6N6/c1-5-13-6-2-11-17-18-12-4-8-14-7-3-10-16(20(14)18)15(9-1)19(13)17;4-1-7-2(5)9-3(6)8-1/h1-12H;(H6,4,5,6,7,8,9). The largest absolute Gasteiger partial charge is 0.368 e. The Bertz CT molecular complexity index is 1270. The topological polar surface area (TPSA) is 117 Å². The second kappa shape index (κ2) is 6.45. The van der Waals surface area contributed by atoms with E-state index in [1.165, 1.54) is 43.1 Å². The predicted octanol–water partition coefficient (Wildman–Crippen LogP) is 4.36. The Labute approximate surface area is 166 Å². The van der Waals surface area contributed by atoms with E-state index in [1.807, 2.05) is 0 Å². The van der Waals surface area contributed by atoms with Gasteiger partial charge in [-0.05, 0) is 43.1 Å². The molecule has 0 fully saturated rings. The molecule has 0 bridgehead atoms. The predicted molar refractivity (Wildman–Crippen MR) is 121 cm³/mol. The minimum Gasteiger partial charge on any atom is -0.368 e. The van der Waals surface area contributed by atoms with Crippen molar-refractivity contribution in [3.8, 4) is 0 Å². The smallest absolute Gasteiger partial charge is 0.226 e. The lowest BCUT2D eigenvalue weighted by Gasteiger charge is -2.13. The number of aromatic nitrogens is 3. The number of nitrogens with zero attached hydrogens (tertiary/aromatic N) is 3. The summed E-state index contributed by atoms with van der Waals surface area (Å²) in [5.41, 5.74) is 15.4. The van der Waals surface area contributed by atoms with Crippen LogP contribution in [0, 0.1) is 0 Å². The molecule has 0 radical (unpaired) electrons. The molecule has 6 N–H and O–H groups in total. The third kappa shape index (κ3) is 2.78. The maximum absolute atomic E-state index is 5.14. The molecule has 5 aromatic carbocycles. The second-order valence-electron chi connectivity index (χ2n) is 6.83. The Morgan fingerprint density at radius 3 is 0.966 bits per heavy atom. The highest BCUT2D eigenvalue weighted by molar-refractivity contribution is 6.32. The monoisotopic (exact) mass is 378 g/mol. The summed E-state index contributed by atoms with van der Waals surface area (Å²) in [6.45, 7) is 0. The van der Waals surface area contributed by atoms with Crippen molar-refractivity contribution in [2.45, 2.75) is 0 Å². The van der Waals surface area contributed by atoms with Crippen molar-refractivity contribution >= 4 is 60.9 Å². The molecule has 6 aromatic rings. The van der Waals surface area contributed by atoms with Gasteiger partial charge < -0.3 is 17.2 Å². The average molecular weight is 378 g/mol. The maximum Gasteiger partial charge on any atom is 0.226 e. The molecule has 1 heterocycles. The lowest BCUT2D eigenvalue weighted by molar-refractivity contribution is 1.09. The number of nitrogens with two attached hydrogens (primary N) is 3. The van der Waals surface area contributed by atoms with Crippen molar-refractivity contribution in [1.82, 2.24) is 15.0 Å². The number of hydrogen-bond donors (Lipinski definition) is 3. The number of rotatable bonds is 0. The molecule has 0 spiro atoms. The quantitative estimate of drug-likeness (QED) is 0.267. The molecule has 0 aliphatic heterocycles. The molecule has 6 nitrogen and oxygen atoms in total. The van der Waals surface area contributed by atoms with Gasteiger partial charge in [0.25, 0.3) is 0 Å². The van der Waals surface area contributed by atoms with Gasteiger partial charge in [0.05, 0.1) is 0 Å². The van der Waals surface area contributed by atoms with Crippen LogP contribution in [0.25, 0.3) is 43.1 Å². The van der Waals surface area contributed by atoms with Crippen LogP contribution in [0.2, 0.25) is 0 Å². The summed E-state index contributed by atoms with van der Waals surface area (Å²) in [7, 11) is 0. The number of nitrogen functional groups attached to an aromatic ring is 3. The van der Waals surface area contributed by atoms with E-state index in [-0.39, 0.29) is 17.8 Å². The van der Waals surface area contributed by atoms with Gasteiger partial charge in [-0.3, -0.25) is 0 Å². The third-order valence-electron chi connectivity index (χ3n) is 5.08. The van der Waals surface area contributed by atoms with Gasteiger partial charge in [0, 0.05) is 0 Å². The van der Waals surface area contributed by atoms with Gasteiger partial charge in [-0.2, -0.15) is 15.0 Å². The number of benzene rings is 5. The van der Waals surface area contributed by atoms with Gasteiger partial charge in [0.15, 0.2) is 0 Å². The molecule has 0 unspecified atom stereocenters. The van der Waals surface area contributed by atoms with Crippen molar-refractivity contribution in [3.63, 3.8) is 0 Å². The van der Waals surface area contributed by atoms with Crippen LogP contribution in [0.1, 0.15) is 0 Å². The summed E-state index contributed by atoms with van der Waals surface area (Å²) >= 11 is 0. The van der Waals surface area contributed by atoms with Gasteiger partial charge in [0.2, 0.25) is 17.8 Å². The lowest BCUT2D eigenvalue weighted by atomic mass is 9.90. The second-order valence-corrected chi connectivity index (χ2v) is 6.83. The van der Waals surface area contributed by atoms with Gasteiger partial charge in [0.1, 0.15) is 0 Å². The van der Waals surface area contributed by atoms with Gasteiger partial charge in [-0.15, -0.1) is 0 Å². The van der Waals surface area contributed by atoms with E-state index in [4.69, 9.17) is 17.2 Å². The third-order valence-corrected chi connectivity index (χ3v) is 5.08. The van der Waals surface area contributed by atoms with Crippen molar-refractivity contribution in [2.24, 2.45) is 0 Å². The Morgan fingerprint density at radius 2 is 0.690 bits per heavy atom. The molecular weight excluding hydrogens is 360 g/mol. The number of fused-ring (bicyclic) bond motifs is 2. The van der Waals surface area contributed by atoms with Gasteiger partial charge in [-0.1, -0.05) is 72.8 Å². The molecule has 0 aliphatic rings. The minimum atomic E-state index is 0.0417. The zero-order chi connectivity index (χ0) is 20.0. The van der Waals surface area contributed by atoms with Crippen LogP contribution in [-0.4, -0.2) is 15.0 Å². The molecule has 6 rings (SSSR count). The highest BCUT2D eigenvalue weighted by Crippen LogP contribution is 2.39. The van der Waals surface area contributed by atoms with Gasteiger partial charge in [-0.25, -0.2) is 0 Å². The van der Waals surface area contributed by atoms with E-state index in [0.29, 0.717) is 0 Å². The molecule has 0 aliphatic carbocycles. The molecule has 29 heavy (non-hydrogen) atoms. The fourth-order valence-corrected chi connectivity index (χ4v) is 4.01. The first kappa shape index (κ1) is 16.9. The van der Waals surface area contributed by atoms with Crippen molar-refractivity contribution in [2.75, 3.05) is 17.2 Å². The lowest BCUT2D eigenvalue weighted by Crippen LogP contribution is -2.05. The highest BCUT2D eigenvalue weighted by atomic mass is 15.2. The first-order valence-corrected chi connectivity index (χ1v) is 9.18.